The summed E-state index contributed by atoms with van der Waals surface area (Å²) in [6.07, 6.45) is 2.16. The van der Waals surface area contributed by atoms with Gasteiger partial charge >= 0.3 is 0 Å². The molecule has 0 unspecified atom stereocenters. The van der Waals surface area contributed by atoms with Crippen LogP contribution in [0.2, 0.25) is 0 Å². The van der Waals surface area contributed by atoms with Gasteiger partial charge in [-0.25, -0.2) is 0 Å². The average molecular weight is 396 g/mol. The van der Waals surface area contributed by atoms with Crippen LogP contribution in [0.5, 0.6) is 0 Å². The van der Waals surface area contributed by atoms with Crippen molar-refractivity contribution < 1.29 is 18.7 Å². The van der Waals surface area contributed by atoms with Gasteiger partial charge < -0.3 is 19.4 Å². The van der Waals surface area contributed by atoms with E-state index in [4.69, 9.17) is 9.15 Å². The third-order valence-electron chi connectivity index (χ3n) is 6.04. The van der Waals surface area contributed by atoms with Crippen LogP contribution in [0, 0.1) is 17.3 Å². The number of amides is 2. The van der Waals surface area contributed by atoms with Gasteiger partial charge in [0.1, 0.15) is 11.3 Å². The molecule has 1 aromatic carbocycles. The normalized spacial score (nSPS) is 23.0. The van der Waals surface area contributed by atoms with Crippen molar-refractivity contribution in [2.24, 2.45) is 17.3 Å². The third-order valence-corrected chi connectivity index (χ3v) is 6.04. The van der Waals surface area contributed by atoms with Crippen LogP contribution in [-0.4, -0.2) is 43.0 Å². The van der Waals surface area contributed by atoms with Gasteiger partial charge in [0, 0.05) is 18.5 Å². The zero-order valence-corrected chi connectivity index (χ0v) is 17.5. The maximum Gasteiger partial charge on any atom is 0.291 e. The van der Waals surface area contributed by atoms with E-state index in [0.717, 1.165) is 5.39 Å². The highest BCUT2D eigenvalue weighted by Crippen LogP contribution is 2.59. The maximum absolute atomic E-state index is 13.1. The van der Waals surface area contributed by atoms with Gasteiger partial charge in [-0.1, -0.05) is 37.6 Å². The Morgan fingerprint density at radius 3 is 2.55 bits per heavy atom. The number of rotatable bonds is 4. The molecule has 2 amide bonds. The molecule has 1 N–H and O–H groups in total. The molecule has 2 aliphatic rings. The van der Waals surface area contributed by atoms with Crippen molar-refractivity contribution in [1.29, 1.82) is 0 Å². The number of benzene rings is 1. The Morgan fingerprint density at radius 1 is 1.17 bits per heavy atom. The van der Waals surface area contributed by atoms with Gasteiger partial charge in [-0.3, -0.25) is 9.59 Å². The number of carbonyl (C=O) groups is 2. The molecule has 6 heteroatoms. The van der Waals surface area contributed by atoms with Gasteiger partial charge in [-0.15, -0.1) is 0 Å². The summed E-state index contributed by atoms with van der Waals surface area (Å²) in [5.41, 5.74) is 2.17. The molecule has 4 rings (SSSR count). The zero-order chi connectivity index (χ0) is 20.8. The Labute approximate surface area is 170 Å². The minimum atomic E-state index is -0.212. The molecule has 2 fully saturated rings. The number of fused-ring (bicyclic) bond motifs is 1. The molecule has 154 valence electrons. The first kappa shape index (κ1) is 19.7. The lowest BCUT2D eigenvalue weighted by atomic mass is 10.1. The largest absolute Gasteiger partial charge is 0.449 e. The fourth-order valence-corrected chi connectivity index (χ4v) is 4.28. The van der Waals surface area contributed by atoms with Crippen molar-refractivity contribution in [2.45, 2.75) is 27.7 Å². The van der Waals surface area contributed by atoms with Crippen LogP contribution in [0.3, 0.4) is 0 Å². The fraction of sp³-hybridized carbons (Fsp3) is 0.478. The second-order valence-corrected chi connectivity index (χ2v) is 8.77. The maximum atomic E-state index is 13.1. The molecule has 1 aromatic heterocycles. The predicted octanol–water partition coefficient (Wildman–Crippen LogP) is 4.08. The summed E-state index contributed by atoms with van der Waals surface area (Å²) in [5, 5.41) is 3.78. The van der Waals surface area contributed by atoms with E-state index >= 15 is 0 Å². The highest BCUT2D eigenvalue weighted by atomic mass is 16.5. The summed E-state index contributed by atoms with van der Waals surface area (Å²) in [6, 6.07) is 7.42. The number of allylic oxidation sites excluding steroid dienone is 2. The lowest BCUT2D eigenvalue weighted by molar-refractivity contribution is -0.118. The number of anilines is 1. The first-order valence-electron chi connectivity index (χ1n) is 10.1. The van der Waals surface area contributed by atoms with Crippen molar-refractivity contribution >= 4 is 28.5 Å². The number of hydrogen-bond acceptors (Lipinski definition) is 4. The minimum absolute atomic E-state index is 0.0694. The van der Waals surface area contributed by atoms with Gasteiger partial charge in [-0.05, 0) is 37.3 Å². The molecule has 0 bridgehead atoms. The molecule has 0 spiro atoms. The number of ether oxygens (including phenoxy) is 1. The second kappa shape index (κ2) is 7.34. The molecule has 0 radical (unpaired) electrons. The zero-order valence-electron chi connectivity index (χ0n) is 17.5. The molecule has 1 aliphatic carbocycles. The number of carbonyl (C=O) groups excluding carboxylic acids is 2. The molecule has 2 atom stereocenters. The first-order valence-corrected chi connectivity index (χ1v) is 10.1. The van der Waals surface area contributed by atoms with E-state index < -0.39 is 0 Å². The number of morpholine rings is 1. The third kappa shape index (κ3) is 3.57. The number of nitrogens with zero attached hydrogens (tertiary/aromatic N) is 1. The molecule has 29 heavy (non-hydrogen) atoms. The van der Waals surface area contributed by atoms with Crippen LogP contribution >= 0.6 is 0 Å². The Kier molecular flexibility index (Phi) is 4.99. The Hall–Kier alpha value is -2.60. The highest BCUT2D eigenvalue weighted by molar-refractivity contribution is 6.11. The van der Waals surface area contributed by atoms with Crippen LogP contribution in [0.25, 0.3) is 11.0 Å². The molecule has 1 aliphatic heterocycles. The minimum Gasteiger partial charge on any atom is -0.449 e. The summed E-state index contributed by atoms with van der Waals surface area (Å²) in [4.78, 5) is 28.0. The van der Waals surface area contributed by atoms with Crippen LogP contribution in [0.4, 0.5) is 5.69 Å². The number of nitrogens with one attached hydrogen (secondary N) is 1. The van der Waals surface area contributed by atoms with Crippen LogP contribution < -0.4 is 5.32 Å². The smallest absolute Gasteiger partial charge is 0.291 e. The van der Waals surface area contributed by atoms with E-state index in [0.29, 0.717) is 37.6 Å². The summed E-state index contributed by atoms with van der Waals surface area (Å²) in [6.45, 7) is 10.4. The Morgan fingerprint density at radius 2 is 1.86 bits per heavy atom. The summed E-state index contributed by atoms with van der Waals surface area (Å²) < 4.78 is 11.2. The molecular formula is C23H28N2O4. The monoisotopic (exact) mass is 396 g/mol. The molecule has 2 heterocycles. The SMILES string of the molecule is CC(C)=C[C@@H]1[C@@H](C(=O)Nc2c(C(=O)N3CCOCC3)oc3ccccc23)C1(C)C. The molecule has 1 saturated carbocycles. The van der Waals surface area contributed by atoms with Gasteiger partial charge in [0.15, 0.2) is 0 Å². The van der Waals surface area contributed by atoms with Gasteiger partial charge in [-0.2, -0.15) is 0 Å². The Balaban J connectivity index is 1.65. The van der Waals surface area contributed by atoms with Crippen molar-refractivity contribution in [3.05, 3.63) is 41.7 Å². The van der Waals surface area contributed by atoms with Crippen molar-refractivity contribution in [3.63, 3.8) is 0 Å². The summed E-state index contributed by atoms with van der Waals surface area (Å²) in [5.74, 6) is -0.0177. The highest BCUT2D eigenvalue weighted by Gasteiger charge is 2.60. The van der Waals surface area contributed by atoms with Crippen LogP contribution in [0.1, 0.15) is 38.2 Å². The molecule has 1 saturated heterocycles. The Bertz CT molecular complexity index is 978. The topological polar surface area (TPSA) is 71.8 Å². The van der Waals surface area contributed by atoms with E-state index in [-0.39, 0.29) is 34.8 Å². The predicted molar refractivity (Wildman–Crippen MR) is 112 cm³/mol. The lowest BCUT2D eigenvalue weighted by Gasteiger charge is -2.26. The fourth-order valence-electron chi connectivity index (χ4n) is 4.28. The van der Waals surface area contributed by atoms with Crippen LogP contribution in [-0.2, 0) is 9.53 Å². The van der Waals surface area contributed by atoms with Gasteiger partial charge in [0.25, 0.3) is 5.91 Å². The van der Waals surface area contributed by atoms with Crippen molar-refractivity contribution in [3.8, 4) is 0 Å². The summed E-state index contributed by atoms with van der Waals surface area (Å²) in [7, 11) is 0. The van der Waals surface area contributed by atoms with Crippen molar-refractivity contribution in [1.82, 2.24) is 4.90 Å². The van der Waals surface area contributed by atoms with E-state index in [1.165, 1.54) is 5.57 Å². The quantitative estimate of drug-likeness (QED) is 0.791. The molecule has 6 nitrogen and oxygen atoms in total. The molecular weight excluding hydrogens is 368 g/mol. The average Bonchev–Trinajstić information content (AvgIpc) is 3.05. The van der Waals surface area contributed by atoms with E-state index in [1.54, 1.807) is 4.90 Å². The first-order chi connectivity index (χ1) is 13.8. The van der Waals surface area contributed by atoms with Crippen molar-refractivity contribution in [2.75, 3.05) is 31.6 Å². The lowest BCUT2D eigenvalue weighted by Crippen LogP contribution is -2.40. The standard InChI is InChI=1S/C23H28N2O4/c1-14(2)13-16-18(23(16,3)4)21(26)24-19-15-7-5-6-8-17(15)29-20(19)22(27)25-9-11-28-12-10-25/h5-8,13,16,18H,9-12H2,1-4H3,(H,24,26)/t16-,18+/m1/s1. The number of furan rings is 1. The second-order valence-electron chi connectivity index (χ2n) is 8.77. The van der Waals surface area contributed by atoms with E-state index in [1.807, 2.05) is 38.1 Å². The van der Waals surface area contributed by atoms with Gasteiger partial charge in [0.05, 0.1) is 19.1 Å². The summed E-state index contributed by atoms with van der Waals surface area (Å²) >= 11 is 0. The van der Waals surface area contributed by atoms with E-state index in [9.17, 15) is 9.59 Å². The van der Waals surface area contributed by atoms with Gasteiger partial charge in [0.2, 0.25) is 11.7 Å². The number of hydrogen-bond donors (Lipinski definition) is 1. The van der Waals surface area contributed by atoms with Crippen LogP contribution in [0.15, 0.2) is 40.3 Å². The molecule has 2 aromatic rings. The number of para-hydroxylation sites is 1. The van der Waals surface area contributed by atoms with E-state index in [2.05, 4.69) is 25.2 Å².